The van der Waals surface area contributed by atoms with Gasteiger partial charge in [-0.15, -0.1) is 0 Å². The molecule has 3 aromatic rings. The normalized spacial score (nSPS) is 19.3. The smallest absolute Gasteiger partial charge is 0.266 e. The topological polar surface area (TPSA) is 71.7 Å². The number of rotatable bonds is 3. The van der Waals surface area contributed by atoms with E-state index in [0.717, 1.165) is 27.2 Å². The maximum absolute atomic E-state index is 12.8. The average Bonchev–Trinajstić information content (AvgIpc) is 3.26. The lowest BCUT2D eigenvalue weighted by Gasteiger charge is -2.18. The fourth-order valence-electron chi connectivity index (χ4n) is 3.74. The summed E-state index contributed by atoms with van der Waals surface area (Å²) in [4.78, 5) is 17.8. The number of carbonyl (C=O) groups is 1. The molecule has 0 radical (unpaired) electrons. The predicted octanol–water partition coefficient (Wildman–Crippen LogP) is 2.73. The molecule has 8 heteroatoms. The SMILES string of the molecule is CCn1c(=NC(=O)C2CCCN2S(C)(=O)=O)sc2c3ccccc3ccc21. The zero-order valence-corrected chi connectivity index (χ0v) is 16.9. The van der Waals surface area contributed by atoms with E-state index in [9.17, 15) is 13.2 Å². The van der Waals surface area contributed by atoms with Crippen molar-refractivity contribution in [3.05, 3.63) is 41.2 Å². The maximum Gasteiger partial charge on any atom is 0.266 e. The Morgan fingerprint density at radius 3 is 2.78 bits per heavy atom. The number of aryl methyl sites for hydroxylation is 1. The van der Waals surface area contributed by atoms with E-state index in [1.54, 1.807) is 0 Å². The van der Waals surface area contributed by atoms with Gasteiger partial charge in [-0.2, -0.15) is 9.30 Å². The lowest BCUT2D eigenvalue weighted by molar-refractivity contribution is -0.121. The van der Waals surface area contributed by atoms with Gasteiger partial charge in [0.05, 0.1) is 16.5 Å². The van der Waals surface area contributed by atoms with Crippen LogP contribution in [0.2, 0.25) is 0 Å². The van der Waals surface area contributed by atoms with E-state index < -0.39 is 16.1 Å². The number of nitrogens with zero attached hydrogens (tertiary/aromatic N) is 3. The Morgan fingerprint density at radius 2 is 2.04 bits per heavy atom. The van der Waals surface area contributed by atoms with Crippen LogP contribution in [0.3, 0.4) is 0 Å². The number of sulfonamides is 1. The minimum Gasteiger partial charge on any atom is -0.317 e. The summed E-state index contributed by atoms with van der Waals surface area (Å²) in [6.45, 7) is 3.09. The van der Waals surface area contributed by atoms with Crippen molar-refractivity contribution in [1.82, 2.24) is 8.87 Å². The van der Waals surface area contributed by atoms with Crippen LogP contribution in [0.25, 0.3) is 21.0 Å². The Balaban J connectivity index is 1.85. The standard InChI is InChI=1S/C19H21N3O3S2/c1-3-21-15-11-10-13-7-4-5-8-14(13)17(15)26-19(21)20-18(23)16-9-6-12-22(16)27(2,24)25/h4-5,7-8,10-11,16H,3,6,9,12H2,1-2H3. The molecule has 1 aromatic heterocycles. The van der Waals surface area contributed by atoms with Crippen LogP contribution >= 0.6 is 11.3 Å². The highest BCUT2D eigenvalue weighted by Crippen LogP contribution is 2.28. The Morgan fingerprint density at radius 1 is 1.26 bits per heavy atom. The summed E-state index contributed by atoms with van der Waals surface area (Å²) in [5.74, 6) is -0.379. The molecular weight excluding hydrogens is 382 g/mol. The minimum absolute atomic E-state index is 0.379. The van der Waals surface area contributed by atoms with Crippen LogP contribution in [0.1, 0.15) is 19.8 Å². The first-order chi connectivity index (χ1) is 12.9. The molecule has 0 spiro atoms. The molecule has 0 saturated carbocycles. The van der Waals surface area contributed by atoms with Gasteiger partial charge in [0, 0.05) is 18.5 Å². The number of hydrogen-bond donors (Lipinski definition) is 0. The van der Waals surface area contributed by atoms with Crippen molar-refractivity contribution in [3.8, 4) is 0 Å². The van der Waals surface area contributed by atoms with Gasteiger partial charge in [0.25, 0.3) is 5.91 Å². The molecular formula is C19H21N3O3S2. The van der Waals surface area contributed by atoms with E-state index in [4.69, 9.17) is 0 Å². The molecule has 4 rings (SSSR count). The van der Waals surface area contributed by atoms with Crippen LogP contribution in [0.4, 0.5) is 0 Å². The average molecular weight is 404 g/mol. The van der Waals surface area contributed by atoms with E-state index in [2.05, 4.69) is 29.3 Å². The second-order valence-corrected chi connectivity index (χ2v) is 9.66. The van der Waals surface area contributed by atoms with E-state index in [0.29, 0.717) is 30.7 Å². The molecule has 2 aromatic carbocycles. The molecule has 0 N–H and O–H groups in total. The lowest BCUT2D eigenvalue weighted by atomic mass is 10.1. The fourth-order valence-corrected chi connectivity index (χ4v) is 6.10. The van der Waals surface area contributed by atoms with Crippen molar-refractivity contribution < 1.29 is 13.2 Å². The third kappa shape index (κ3) is 3.22. The second-order valence-electron chi connectivity index (χ2n) is 6.75. The van der Waals surface area contributed by atoms with Crippen LogP contribution in [-0.2, 0) is 21.4 Å². The maximum atomic E-state index is 12.8. The van der Waals surface area contributed by atoms with Crippen molar-refractivity contribution in [2.45, 2.75) is 32.4 Å². The van der Waals surface area contributed by atoms with Crippen LogP contribution in [0, 0.1) is 0 Å². The summed E-state index contributed by atoms with van der Waals surface area (Å²) in [6, 6.07) is 11.6. The third-order valence-corrected chi connectivity index (χ3v) is 7.43. The monoisotopic (exact) mass is 403 g/mol. The van der Waals surface area contributed by atoms with Crippen molar-refractivity contribution in [2.75, 3.05) is 12.8 Å². The highest BCUT2D eigenvalue weighted by atomic mass is 32.2. The van der Waals surface area contributed by atoms with Crippen LogP contribution in [0.5, 0.6) is 0 Å². The number of thiazole rings is 1. The molecule has 142 valence electrons. The van der Waals surface area contributed by atoms with Gasteiger partial charge in [0.15, 0.2) is 4.80 Å². The Labute approximate surface area is 161 Å². The lowest BCUT2D eigenvalue weighted by Crippen LogP contribution is -2.39. The summed E-state index contributed by atoms with van der Waals surface area (Å²) < 4.78 is 28.3. The molecule has 0 aliphatic carbocycles. The molecule has 2 heterocycles. The summed E-state index contributed by atoms with van der Waals surface area (Å²) in [7, 11) is -3.41. The molecule has 1 saturated heterocycles. The molecule has 1 fully saturated rings. The van der Waals surface area contributed by atoms with Crippen LogP contribution < -0.4 is 4.80 Å². The van der Waals surface area contributed by atoms with Gasteiger partial charge in [0.2, 0.25) is 10.0 Å². The number of hydrogen-bond acceptors (Lipinski definition) is 4. The van der Waals surface area contributed by atoms with Crippen LogP contribution in [0.15, 0.2) is 41.4 Å². The number of carbonyl (C=O) groups excluding carboxylic acids is 1. The van der Waals surface area contributed by atoms with Gasteiger partial charge in [-0.25, -0.2) is 8.42 Å². The Bertz CT molecular complexity index is 1210. The van der Waals surface area contributed by atoms with Gasteiger partial charge in [-0.05, 0) is 31.2 Å². The summed E-state index contributed by atoms with van der Waals surface area (Å²) in [5.41, 5.74) is 1.04. The molecule has 27 heavy (non-hydrogen) atoms. The first-order valence-corrected chi connectivity index (χ1v) is 11.6. The quantitative estimate of drug-likeness (QED) is 0.675. The predicted molar refractivity (Wildman–Crippen MR) is 108 cm³/mol. The summed E-state index contributed by atoms with van der Waals surface area (Å²) >= 11 is 1.48. The largest absolute Gasteiger partial charge is 0.317 e. The van der Waals surface area contributed by atoms with E-state index in [1.807, 2.05) is 23.6 Å². The van der Waals surface area contributed by atoms with Crippen molar-refractivity contribution in [2.24, 2.45) is 4.99 Å². The number of aromatic nitrogens is 1. The van der Waals surface area contributed by atoms with Crippen molar-refractivity contribution >= 4 is 48.3 Å². The first-order valence-electron chi connectivity index (χ1n) is 8.96. The molecule has 1 atom stereocenters. The molecule has 0 bridgehead atoms. The van der Waals surface area contributed by atoms with Crippen molar-refractivity contribution in [1.29, 1.82) is 0 Å². The second kappa shape index (κ2) is 6.85. The third-order valence-electron chi connectivity index (χ3n) is 5.01. The fraction of sp³-hybridized carbons (Fsp3) is 0.368. The zero-order valence-electron chi connectivity index (χ0n) is 15.3. The Kier molecular flexibility index (Phi) is 4.65. The van der Waals surface area contributed by atoms with E-state index in [-0.39, 0.29) is 5.91 Å². The molecule has 1 unspecified atom stereocenters. The minimum atomic E-state index is -3.41. The molecule has 1 aliphatic heterocycles. The van der Waals surface area contributed by atoms with E-state index in [1.165, 1.54) is 15.6 Å². The van der Waals surface area contributed by atoms with Gasteiger partial charge in [-0.1, -0.05) is 41.7 Å². The Hall–Kier alpha value is -2.03. The molecule has 1 amide bonds. The zero-order chi connectivity index (χ0) is 19.2. The van der Waals surface area contributed by atoms with Crippen molar-refractivity contribution in [3.63, 3.8) is 0 Å². The van der Waals surface area contributed by atoms with Crippen LogP contribution in [-0.4, -0.2) is 42.0 Å². The van der Waals surface area contributed by atoms with Gasteiger partial charge in [-0.3, -0.25) is 4.79 Å². The van der Waals surface area contributed by atoms with Gasteiger partial charge in [0.1, 0.15) is 6.04 Å². The number of fused-ring (bicyclic) bond motifs is 3. The highest BCUT2D eigenvalue weighted by Gasteiger charge is 2.36. The molecule has 6 nitrogen and oxygen atoms in total. The first kappa shape index (κ1) is 18.3. The number of amides is 1. The van der Waals surface area contributed by atoms with Gasteiger partial charge >= 0.3 is 0 Å². The number of benzene rings is 2. The molecule has 1 aliphatic rings. The van der Waals surface area contributed by atoms with E-state index >= 15 is 0 Å². The summed E-state index contributed by atoms with van der Waals surface area (Å²) in [5, 5.41) is 2.28. The van der Waals surface area contributed by atoms with Gasteiger partial charge < -0.3 is 4.57 Å². The summed E-state index contributed by atoms with van der Waals surface area (Å²) in [6.07, 6.45) is 2.36. The highest BCUT2D eigenvalue weighted by molar-refractivity contribution is 7.88.